The zero-order valence-electron chi connectivity index (χ0n) is 15.2. The molecule has 0 radical (unpaired) electrons. The average molecular weight is 394 g/mol. The summed E-state index contributed by atoms with van der Waals surface area (Å²) in [6, 6.07) is 11.4. The van der Waals surface area contributed by atoms with Crippen molar-refractivity contribution in [2.75, 3.05) is 18.7 Å². The average Bonchev–Trinajstić information content (AvgIpc) is 3.35. The molecule has 2 amide bonds. The summed E-state index contributed by atoms with van der Waals surface area (Å²) in [7, 11) is 0. The smallest absolute Gasteiger partial charge is 0.251 e. The molecule has 1 aliphatic heterocycles. The lowest BCUT2D eigenvalue weighted by molar-refractivity contribution is -0.124. The van der Waals surface area contributed by atoms with Crippen LogP contribution in [0.5, 0.6) is 11.5 Å². The second kappa shape index (κ2) is 8.03. The van der Waals surface area contributed by atoms with E-state index in [1.54, 1.807) is 30.3 Å². The molecular weight excluding hydrogens is 376 g/mol. The second-order valence-corrected chi connectivity index (χ2v) is 6.28. The zero-order valence-corrected chi connectivity index (χ0v) is 15.2. The Bertz CT molecular complexity index is 1060. The van der Waals surface area contributed by atoms with E-state index in [9.17, 15) is 14.7 Å². The highest BCUT2D eigenvalue weighted by Gasteiger charge is 2.20. The highest BCUT2D eigenvalue weighted by molar-refractivity contribution is 6.00. The van der Waals surface area contributed by atoms with Gasteiger partial charge in [0.1, 0.15) is 6.04 Å². The molecule has 1 aromatic heterocycles. The number of aromatic nitrogens is 2. The molecule has 0 saturated heterocycles. The molecule has 2 heterocycles. The van der Waals surface area contributed by atoms with E-state index < -0.39 is 24.5 Å². The van der Waals surface area contributed by atoms with Gasteiger partial charge in [0, 0.05) is 6.08 Å². The van der Waals surface area contributed by atoms with Gasteiger partial charge in [0.05, 0.1) is 17.6 Å². The number of hydrogen-bond donors (Lipinski definition) is 4. The first-order chi connectivity index (χ1) is 14.1. The molecular formula is C20H18N4O5. The number of amides is 2. The number of benzene rings is 2. The number of imidazole rings is 1. The van der Waals surface area contributed by atoms with Crippen molar-refractivity contribution >= 4 is 34.9 Å². The summed E-state index contributed by atoms with van der Waals surface area (Å²) in [4.78, 5) is 31.7. The maximum atomic E-state index is 12.4. The fourth-order valence-corrected chi connectivity index (χ4v) is 2.82. The lowest BCUT2D eigenvalue weighted by Gasteiger charge is -2.13. The first-order valence-electron chi connectivity index (χ1n) is 8.87. The van der Waals surface area contributed by atoms with Crippen molar-refractivity contribution in [3.05, 3.63) is 54.1 Å². The Balaban J connectivity index is 1.37. The van der Waals surface area contributed by atoms with E-state index in [4.69, 9.17) is 9.47 Å². The number of aliphatic hydroxyl groups excluding tert-OH is 1. The maximum Gasteiger partial charge on any atom is 0.251 e. The summed E-state index contributed by atoms with van der Waals surface area (Å²) in [5.74, 6) is 0.373. The van der Waals surface area contributed by atoms with E-state index in [1.165, 1.54) is 6.08 Å². The van der Waals surface area contributed by atoms with Crippen molar-refractivity contribution in [1.82, 2.24) is 15.3 Å². The zero-order chi connectivity index (χ0) is 20.2. The van der Waals surface area contributed by atoms with Crippen LogP contribution in [0.3, 0.4) is 0 Å². The van der Waals surface area contributed by atoms with Crippen molar-refractivity contribution in [3.8, 4) is 11.5 Å². The van der Waals surface area contributed by atoms with Crippen LogP contribution in [0.4, 0.5) is 5.95 Å². The van der Waals surface area contributed by atoms with Crippen LogP contribution in [0.15, 0.2) is 48.5 Å². The van der Waals surface area contributed by atoms with Gasteiger partial charge in [-0.1, -0.05) is 18.2 Å². The molecule has 0 unspecified atom stereocenters. The van der Waals surface area contributed by atoms with E-state index in [2.05, 4.69) is 20.6 Å². The number of carbonyl (C=O) groups excluding carboxylic acids is 2. The number of fused-ring (bicyclic) bond motifs is 2. The lowest BCUT2D eigenvalue weighted by Crippen LogP contribution is -2.45. The number of para-hydroxylation sites is 2. The van der Waals surface area contributed by atoms with E-state index in [0.717, 1.165) is 11.1 Å². The SMILES string of the molecule is O=C(C=Cc1ccc2c(c1)OCO2)N[C@@H](CO)C(=O)Nc1nc2ccccc2[nH]1. The van der Waals surface area contributed by atoms with Gasteiger partial charge in [-0.2, -0.15) is 0 Å². The molecule has 4 N–H and O–H groups in total. The molecule has 0 aliphatic carbocycles. The van der Waals surface area contributed by atoms with Gasteiger partial charge in [0.15, 0.2) is 11.5 Å². The molecule has 2 aromatic carbocycles. The summed E-state index contributed by atoms with van der Waals surface area (Å²) >= 11 is 0. The molecule has 1 aliphatic rings. The monoisotopic (exact) mass is 394 g/mol. The number of aromatic amines is 1. The molecule has 0 spiro atoms. The lowest BCUT2D eigenvalue weighted by atomic mass is 10.2. The van der Waals surface area contributed by atoms with Gasteiger partial charge < -0.3 is 24.9 Å². The minimum absolute atomic E-state index is 0.168. The van der Waals surface area contributed by atoms with Gasteiger partial charge in [-0.3, -0.25) is 14.9 Å². The summed E-state index contributed by atoms with van der Waals surface area (Å²) in [5.41, 5.74) is 2.19. The standard InChI is InChI=1S/C20H18N4O5/c25-10-15(19(27)24-20-22-13-3-1-2-4-14(13)23-20)21-18(26)8-6-12-5-7-16-17(9-12)29-11-28-16/h1-9,15,25H,10-11H2,(H,21,26)(H2,22,23,24,27)/t15-/m0/s1. The summed E-state index contributed by atoms with van der Waals surface area (Å²) in [5, 5.41) is 14.5. The third-order valence-corrected chi connectivity index (χ3v) is 4.27. The Hall–Kier alpha value is -3.85. The fraction of sp³-hybridized carbons (Fsp3) is 0.150. The van der Waals surface area contributed by atoms with Crippen LogP contribution >= 0.6 is 0 Å². The molecule has 148 valence electrons. The number of anilines is 1. The van der Waals surface area contributed by atoms with Crippen LogP contribution in [0.2, 0.25) is 0 Å². The highest BCUT2D eigenvalue weighted by atomic mass is 16.7. The molecule has 1 atom stereocenters. The van der Waals surface area contributed by atoms with Crippen LogP contribution < -0.4 is 20.1 Å². The van der Waals surface area contributed by atoms with Gasteiger partial charge in [0.2, 0.25) is 18.6 Å². The Morgan fingerprint density at radius 2 is 2.03 bits per heavy atom. The Morgan fingerprint density at radius 3 is 2.86 bits per heavy atom. The van der Waals surface area contributed by atoms with Crippen LogP contribution in [0.1, 0.15) is 5.56 Å². The maximum absolute atomic E-state index is 12.4. The first-order valence-corrected chi connectivity index (χ1v) is 8.87. The van der Waals surface area contributed by atoms with Gasteiger partial charge in [-0.25, -0.2) is 4.98 Å². The van der Waals surface area contributed by atoms with Crippen molar-refractivity contribution in [3.63, 3.8) is 0 Å². The molecule has 0 fully saturated rings. The molecule has 4 rings (SSSR count). The number of ether oxygens (including phenoxy) is 2. The molecule has 3 aromatic rings. The number of H-pyrrole nitrogens is 1. The quantitative estimate of drug-likeness (QED) is 0.469. The third-order valence-electron chi connectivity index (χ3n) is 4.27. The van der Waals surface area contributed by atoms with Gasteiger partial charge >= 0.3 is 0 Å². The number of aliphatic hydroxyl groups is 1. The minimum Gasteiger partial charge on any atom is -0.454 e. The number of nitrogens with one attached hydrogen (secondary N) is 3. The normalized spacial score (nSPS) is 13.6. The van der Waals surface area contributed by atoms with E-state index in [0.29, 0.717) is 17.0 Å². The van der Waals surface area contributed by atoms with Gasteiger partial charge in [0.25, 0.3) is 5.91 Å². The Labute approximate surface area is 165 Å². The van der Waals surface area contributed by atoms with Gasteiger partial charge in [-0.15, -0.1) is 0 Å². The predicted octanol–water partition coefficient (Wildman–Crippen LogP) is 1.42. The third kappa shape index (κ3) is 4.19. The number of carbonyl (C=O) groups is 2. The topological polar surface area (TPSA) is 126 Å². The van der Waals surface area contributed by atoms with Crippen molar-refractivity contribution < 1.29 is 24.2 Å². The van der Waals surface area contributed by atoms with Crippen LogP contribution in [0.25, 0.3) is 17.1 Å². The highest BCUT2D eigenvalue weighted by Crippen LogP contribution is 2.32. The Kier molecular flexibility index (Phi) is 5.12. The van der Waals surface area contributed by atoms with Crippen molar-refractivity contribution in [2.24, 2.45) is 0 Å². The predicted molar refractivity (Wildman–Crippen MR) is 105 cm³/mol. The van der Waals surface area contributed by atoms with Crippen molar-refractivity contribution in [1.29, 1.82) is 0 Å². The fourth-order valence-electron chi connectivity index (χ4n) is 2.82. The van der Waals surface area contributed by atoms with Crippen LogP contribution in [-0.2, 0) is 9.59 Å². The molecule has 9 nitrogen and oxygen atoms in total. The number of nitrogens with zero attached hydrogens (tertiary/aromatic N) is 1. The second-order valence-electron chi connectivity index (χ2n) is 6.28. The number of rotatable bonds is 6. The van der Waals surface area contributed by atoms with E-state index in [1.807, 2.05) is 18.2 Å². The van der Waals surface area contributed by atoms with E-state index in [-0.39, 0.29) is 12.7 Å². The number of hydrogen-bond acceptors (Lipinski definition) is 6. The Morgan fingerprint density at radius 1 is 1.21 bits per heavy atom. The minimum atomic E-state index is -1.13. The first kappa shape index (κ1) is 18.5. The van der Waals surface area contributed by atoms with Crippen LogP contribution in [-0.4, -0.2) is 46.3 Å². The largest absolute Gasteiger partial charge is 0.454 e. The summed E-state index contributed by atoms with van der Waals surface area (Å²) in [6.45, 7) is -0.392. The van der Waals surface area contributed by atoms with Gasteiger partial charge in [-0.05, 0) is 35.9 Å². The summed E-state index contributed by atoms with van der Waals surface area (Å²) in [6.07, 6.45) is 2.84. The molecule has 0 saturated carbocycles. The summed E-state index contributed by atoms with van der Waals surface area (Å²) < 4.78 is 10.5. The molecule has 0 bridgehead atoms. The van der Waals surface area contributed by atoms with E-state index >= 15 is 0 Å². The van der Waals surface area contributed by atoms with Crippen LogP contribution in [0, 0.1) is 0 Å². The van der Waals surface area contributed by atoms with Crippen molar-refractivity contribution in [2.45, 2.75) is 6.04 Å². The molecule has 9 heteroatoms. The molecule has 29 heavy (non-hydrogen) atoms.